The van der Waals surface area contributed by atoms with E-state index in [1.54, 1.807) is 0 Å². The summed E-state index contributed by atoms with van der Waals surface area (Å²) in [7, 11) is 0. The quantitative estimate of drug-likeness (QED) is 0.825. The number of rotatable bonds is 2. The summed E-state index contributed by atoms with van der Waals surface area (Å²) >= 11 is 0. The summed E-state index contributed by atoms with van der Waals surface area (Å²) in [6, 6.07) is 8.63. The van der Waals surface area contributed by atoms with Crippen molar-refractivity contribution in [2.75, 3.05) is 19.6 Å². The maximum atomic E-state index is 12.6. The molecule has 0 aromatic heterocycles. The first kappa shape index (κ1) is 13.6. The Balaban J connectivity index is 1.66. The molecule has 2 aliphatic heterocycles. The van der Waals surface area contributed by atoms with E-state index < -0.39 is 0 Å². The van der Waals surface area contributed by atoms with Crippen molar-refractivity contribution in [3.63, 3.8) is 0 Å². The molecule has 20 heavy (non-hydrogen) atoms. The molecule has 0 radical (unpaired) electrons. The van der Waals surface area contributed by atoms with Crippen LogP contribution in [-0.4, -0.2) is 41.4 Å². The molecule has 1 atom stereocenters. The molecule has 0 saturated carbocycles. The standard InChI is InChI=1S/C17H24N2O/c1-14(17(20)18-10-5-2-6-11-18)19-12-9-15-7-3-4-8-16(15)13-19/h3-4,7-8,14H,2,5-6,9-13H2,1H3. The summed E-state index contributed by atoms with van der Waals surface area (Å²) in [5, 5.41) is 0. The molecule has 3 rings (SSSR count). The summed E-state index contributed by atoms with van der Waals surface area (Å²) in [5.41, 5.74) is 2.83. The molecule has 2 heterocycles. The second kappa shape index (κ2) is 5.96. The number of hydrogen-bond acceptors (Lipinski definition) is 2. The van der Waals surface area contributed by atoms with Gasteiger partial charge in [0.15, 0.2) is 0 Å². The minimum absolute atomic E-state index is 0.0152. The van der Waals surface area contributed by atoms with Gasteiger partial charge in [0.2, 0.25) is 5.91 Å². The Morgan fingerprint density at radius 2 is 1.75 bits per heavy atom. The van der Waals surface area contributed by atoms with Gasteiger partial charge >= 0.3 is 0 Å². The summed E-state index contributed by atoms with van der Waals surface area (Å²) in [6.45, 7) is 5.89. The van der Waals surface area contributed by atoms with Crippen LogP contribution in [-0.2, 0) is 17.8 Å². The minimum atomic E-state index is 0.0152. The predicted molar refractivity (Wildman–Crippen MR) is 80.4 cm³/mol. The number of hydrogen-bond donors (Lipinski definition) is 0. The molecule has 1 aromatic carbocycles. The highest BCUT2D eigenvalue weighted by Crippen LogP contribution is 2.21. The number of fused-ring (bicyclic) bond motifs is 1. The second-order valence-corrected chi connectivity index (χ2v) is 6.05. The van der Waals surface area contributed by atoms with E-state index in [9.17, 15) is 4.79 Å². The molecule has 0 spiro atoms. The van der Waals surface area contributed by atoms with Crippen LogP contribution in [0.4, 0.5) is 0 Å². The zero-order chi connectivity index (χ0) is 13.9. The largest absolute Gasteiger partial charge is 0.341 e. The van der Waals surface area contributed by atoms with Crippen molar-refractivity contribution in [3.8, 4) is 0 Å². The molecule has 3 heteroatoms. The third kappa shape index (κ3) is 2.73. The van der Waals surface area contributed by atoms with E-state index in [-0.39, 0.29) is 6.04 Å². The van der Waals surface area contributed by atoms with Crippen molar-refractivity contribution >= 4 is 5.91 Å². The minimum Gasteiger partial charge on any atom is -0.341 e. The van der Waals surface area contributed by atoms with Crippen LogP contribution in [0.1, 0.15) is 37.3 Å². The van der Waals surface area contributed by atoms with Crippen molar-refractivity contribution in [3.05, 3.63) is 35.4 Å². The lowest BCUT2D eigenvalue weighted by molar-refractivity contribution is -0.137. The zero-order valence-corrected chi connectivity index (χ0v) is 12.3. The summed E-state index contributed by atoms with van der Waals surface area (Å²) in [4.78, 5) is 17.0. The zero-order valence-electron chi connectivity index (χ0n) is 12.3. The highest BCUT2D eigenvalue weighted by atomic mass is 16.2. The number of carbonyl (C=O) groups is 1. The van der Waals surface area contributed by atoms with E-state index in [4.69, 9.17) is 0 Å². The van der Waals surface area contributed by atoms with Crippen LogP contribution in [0.2, 0.25) is 0 Å². The van der Waals surface area contributed by atoms with Gasteiger partial charge in [-0.2, -0.15) is 0 Å². The molecule has 0 N–H and O–H groups in total. The Hall–Kier alpha value is -1.35. The molecule has 1 aromatic rings. The molecule has 0 aliphatic carbocycles. The lowest BCUT2D eigenvalue weighted by Crippen LogP contribution is -2.49. The van der Waals surface area contributed by atoms with Crippen LogP contribution < -0.4 is 0 Å². The summed E-state index contributed by atoms with van der Waals surface area (Å²) < 4.78 is 0. The van der Waals surface area contributed by atoms with E-state index >= 15 is 0 Å². The number of amides is 1. The maximum absolute atomic E-state index is 12.6. The van der Waals surface area contributed by atoms with Gasteiger partial charge in [0.1, 0.15) is 0 Å². The molecule has 1 fully saturated rings. The molecule has 1 amide bonds. The van der Waals surface area contributed by atoms with Gasteiger partial charge in [-0.3, -0.25) is 9.69 Å². The average Bonchev–Trinajstić information content (AvgIpc) is 2.54. The van der Waals surface area contributed by atoms with E-state index in [2.05, 4.69) is 41.0 Å². The Labute approximate surface area is 121 Å². The Morgan fingerprint density at radius 3 is 2.50 bits per heavy atom. The Bertz CT molecular complexity index is 480. The van der Waals surface area contributed by atoms with E-state index in [1.807, 2.05) is 0 Å². The lowest BCUT2D eigenvalue weighted by atomic mass is 9.98. The molecule has 1 unspecified atom stereocenters. The predicted octanol–water partition coefficient (Wildman–Crippen LogP) is 2.45. The fourth-order valence-electron chi connectivity index (χ4n) is 3.38. The van der Waals surface area contributed by atoms with Crippen LogP contribution in [0.25, 0.3) is 0 Å². The summed E-state index contributed by atoms with van der Waals surface area (Å²) in [5.74, 6) is 0.323. The second-order valence-electron chi connectivity index (χ2n) is 6.05. The number of piperidine rings is 1. The van der Waals surface area contributed by atoms with Crippen LogP contribution in [0.3, 0.4) is 0 Å². The van der Waals surface area contributed by atoms with Gasteiger partial charge in [0.25, 0.3) is 0 Å². The molecule has 0 bridgehead atoms. The topological polar surface area (TPSA) is 23.6 Å². The first-order valence-electron chi connectivity index (χ1n) is 7.85. The fraction of sp³-hybridized carbons (Fsp3) is 0.588. The van der Waals surface area contributed by atoms with Crippen LogP contribution in [0.5, 0.6) is 0 Å². The SMILES string of the molecule is CC(C(=O)N1CCCCC1)N1CCc2ccccc2C1. The Kier molecular flexibility index (Phi) is 4.06. The normalized spacial score (nSPS) is 21.4. The third-order valence-corrected chi connectivity index (χ3v) is 4.73. The first-order chi connectivity index (χ1) is 9.75. The van der Waals surface area contributed by atoms with Gasteiger partial charge < -0.3 is 4.90 Å². The Morgan fingerprint density at radius 1 is 1.05 bits per heavy atom. The van der Waals surface area contributed by atoms with Crippen molar-refractivity contribution < 1.29 is 4.79 Å². The molecule has 3 nitrogen and oxygen atoms in total. The molecule has 1 saturated heterocycles. The molecule has 108 valence electrons. The highest BCUT2D eigenvalue weighted by molar-refractivity contribution is 5.81. The van der Waals surface area contributed by atoms with Crippen molar-refractivity contribution in [2.24, 2.45) is 0 Å². The smallest absolute Gasteiger partial charge is 0.239 e. The average molecular weight is 272 g/mol. The lowest BCUT2D eigenvalue weighted by Gasteiger charge is -2.36. The van der Waals surface area contributed by atoms with Crippen molar-refractivity contribution in [2.45, 2.75) is 45.2 Å². The summed E-state index contributed by atoms with van der Waals surface area (Å²) in [6.07, 6.45) is 4.67. The monoisotopic (exact) mass is 272 g/mol. The van der Waals surface area contributed by atoms with Gasteiger partial charge in [-0.15, -0.1) is 0 Å². The van der Waals surface area contributed by atoms with Crippen LogP contribution in [0, 0.1) is 0 Å². The van der Waals surface area contributed by atoms with E-state index in [0.717, 1.165) is 32.6 Å². The number of carbonyl (C=O) groups excluding carboxylic acids is 1. The first-order valence-corrected chi connectivity index (χ1v) is 7.85. The van der Waals surface area contributed by atoms with E-state index in [1.165, 1.54) is 30.4 Å². The van der Waals surface area contributed by atoms with Crippen LogP contribution >= 0.6 is 0 Å². The van der Waals surface area contributed by atoms with Gasteiger partial charge in [-0.25, -0.2) is 0 Å². The molecular formula is C17H24N2O. The highest BCUT2D eigenvalue weighted by Gasteiger charge is 2.28. The third-order valence-electron chi connectivity index (χ3n) is 4.73. The maximum Gasteiger partial charge on any atom is 0.239 e. The number of nitrogens with zero attached hydrogens (tertiary/aromatic N) is 2. The number of benzene rings is 1. The number of likely N-dealkylation sites (tertiary alicyclic amines) is 1. The van der Waals surface area contributed by atoms with Crippen molar-refractivity contribution in [1.29, 1.82) is 0 Å². The van der Waals surface area contributed by atoms with Gasteiger partial charge in [-0.1, -0.05) is 24.3 Å². The van der Waals surface area contributed by atoms with Gasteiger partial charge in [0.05, 0.1) is 6.04 Å². The molecular weight excluding hydrogens is 248 g/mol. The fourth-order valence-corrected chi connectivity index (χ4v) is 3.38. The van der Waals surface area contributed by atoms with Gasteiger partial charge in [-0.05, 0) is 43.7 Å². The van der Waals surface area contributed by atoms with Crippen molar-refractivity contribution in [1.82, 2.24) is 9.80 Å². The van der Waals surface area contributed by atoms with Gasteiger partial charge in [0, 0.05) is 26.2 Å². The van der Waals surface area contributed by atoms with E-state index in [0.29, 0.717) is 5.91 Å². The van der Waals surface area contributed by atoms with Crippen LogP contribution in [0.15, 0.2) is 24.3 Å². The molecule has 2 aliphatic rings.